The van der Waals surface area contributed by atoms with E-state index in [2.05, 4.69) is 186 Å². The highest BCUT2D eigenvalue weighted by atomic mass is 15.1. The minimum atomic E-state index is 0.695. The summed E-state index contributed by atoms with van der Waals surface area (Å²) >= 11 is 0. The maximum Gasteiger partial charge on any atom is 0.159 e. The van der Waals surface area contributed by atoms with Crippen LogP contribution in [0.15, 0.2) is 189 Å². The molecule has 0 radical (unpaired) electrons. The van der Waals surface area contributed by atoms with Crippen LogP contribution in [0.1, 0.15) is 0 Å². The number of para-hydroxylation sites is 2. The molecule has 0 N–H and O–H groups in total. The van der Waals surface area contributed by atoms with Crippen LogP contribution in [0.2, 0.25) is 0 Å². The minimum Gasteiger partial charge on any atom is -0.316 e. The van der Waals surface area contributed by atoms with Crippen LogP contribution >= 0.6 is 0 Å². The van der Waals surface area contributed by atoms with Gasteiger partial charge in [-0.25, -0.2) is 19.9 Å². The van der Waals surface area contributed by atoms with Gasteiger partial charge in [-0.1, -0.05) is 36.4 Å². The predicted octanol–water partition coefficient (Wildman–Crippen LogP) is 11.1. The minimum absolute atomic E-state index is 0.695. The zero-order valence-electron chi connectivity index (χ0n) is 28.5. The maximum atomic E-state index is 4.47. The van der Waals surface area contributed by atoms with Gasteiger partial charge in [-0.2, -0.15) is 0 Å². The molecular formula is C46H31N7. The lowest BCUT2D eigenvalue weighted by Gasteiger charge is -2.26. The van der Waals surface area contributed by atoms with E-state index in [1.54, 1.807) is 24.8 Å². The topological polar surface area (TPSA) is 64.7 Å². The quantitative estimate of drug-likeness (QED) is 0.167. The van der Waals surface area contributed by atoms with E-state index in [0.717, 1.165) is 56.1 Å². The number of benzene rings is 6. The SMILES string of the molecule is c1ccc(-n2ccc3cc4c5cc(N(c6ccc(-c7ncccn7)cc6)c6ccc(-c7ncccn7)cc6)ccc5n(-c5ccccc5)c4cc32)cc1. The Hall–Kier alpha value is -7.38. The lowest BCUT2D eigenvalue weighted by Crippen LogP contribution is -2.10. The van der Waals surface area contributed by atoms with E-state index in [1.165, 1.54) is 16.2 Å². The van der Waals surface area contributed by atoms with Crippen LogP contribution in [-0.4, -0.2) is 29.1 Å². The van der Waals surface area contributed by atoms with E-state index in [9.17, 15) is 0 Å². The molecule has 0 unspecified atom stereocenters. The van der Waals surface area contributed by atoms with Crippen LogP contribution in [-0.2, 0) is 0 Å². The Labute approximate surface area is 305 Å². The fourth-order valence-corrected chi connectivity index (χ4v) is 7.31. The van der Waals surface area contributed by atoms with Gasteiger partial charge in [0.15, 0.2) is 11.6 Å². The summed E-state index contributed by atoms with van der Waals surface area (Å²) in [5.41, 5.74) is 10.7. The van der Waals surface area contributed by atoms with E-state index in [4.69, 9.17) is 0 Å². The largest absolute Gasteiger partial charge is 0.316 e. The molecule has 4 heterocycles. The molecular weight excluding hydrogens is 651 g/mol. The number of nitrogens with zero attached hydrogens (tertiary/aromatic N) is 7. The van der Waals surface area contributed by atoms with Gasteiger partial charge in [0.25, 0.3) is 0 Å². The Bertz CT molecular complexity index is 2770. The standard InChI is InChI=1S/C46H31N7/c1-3-9-35(10-4-1)51-28-23-34-29-40-41-30-39(21-22-42(41)53(44(40)31-43(34)51)36-11-5-2-6-12-36)52(37-17-13-32(14-18-37)45-47-24-7-25-48-45)38-19-15-33(16-20-38)46-49-26-8-27-50-46/h1-31H. The zero-order chi connectivity index (χ0) is 35.1. The highest BCUT2D eigenvalue weighted by molar-refractivity contribution is 6.14. The van der Waals surface area contributed by atoms with Gasteiger partial charge < -0.3 is 14.0 Å². The maximum absolute atomic E-state index is 4.47. The molecule has 0 amide bonds. The van der Waals surface area contributed by atoms with Crippen molar-refractivity contribution in [3.63, 3.8) is 0 Å². The molecule has 0 saturated heterocycles. The van der Waals surface area contributed by atoms with Gasteiger partial charge >= 0.3 is 0 Å². The number of rotatable bonds is 7. The van der Waals surface area contributed by atoms with Crippen LogP contribution < -0.4 is 4.90 Å². The van der Waals surface area contributed by atoms with Crippen LogP contribution in [0.4, 0.5) is 17.1 Å². The van der Waals surface area contributed by atoms with Crippen molar-refractivity contribution in [1.82, 2.24) is 29.1 Å². The highest BCUT2D eigenvalue weighted by Crippen LogP contribution is 2.41. The molecule has 7 nitrogen and oxygen atoms in total. The molecule has 6 aromatic carbocycles. The zero-order valence-corrected chi connectivity index (χ0v) is 28.5. The van der Waals surface area contributed by atoms with E-state index in [0.29, 0.717) is 11.6 Å². The summed E-state index contributed by atoms with van der Waals surface area (Å²) in [6.07, 6.45) is 9.24. The summed E-state index contributed by atoms with van der Waals surface area (Å²) in [5, 5.41) is 3.55. The molecule has 0 aliphatic carbocycles. The molecule has 0 saturated carbocycles. The Morgan fingerprint density at radius 3 is 1.51 bits per heavy atom. The lowest BCUT2D eigenvalue weighted by atomic mass is 10.1. The molecule has 4 aromatic heterocycles. The molecule has 10 aromatic rings. The van der Waals surface area contributed by atoms with Crippen molar-refractivity contribution >= 4 is 49.8 Å². The van der Waals surface area contributed by atoms with Crippen molar-refractivity contribution in [3.8, 4) is 34.2 Å². The van der Waals surface area contributed by atoms with Gasteiger partial charge in [0.2, 0.25) is 0 Å². The van der Waals surface area contributed by atoms with E-state index in [-0.39, 0.29) is 0 Å². The molecule has 0 fully saturated rings. The van der Waals surface area contributed by atoms with Gasteiger partial charge in [-0.05, 0) is 121 Å². The third-order valence-corrected chi connectivity index (χ3v) is 9.77. The first kappa shape index (κ1) is 30.4. The van der Waals surface area contributed by atoms with Crippen molar-refractivity contribution < 1.29 is 0 Å². The van der Waals surface area contributed by atoms with E-state index in [1.807, 2.05) is 12.1 Å². The van der Waals surface area contributed by atoms with Crippen molar-refractivity contribution in [3.05, 3.63) is 189 Å². The smallest absolute Gasteiger partial charge is 0.159 e. The third kappa shape index (κ3) is 5.39. The summed E-state index contributed by atoms with van der Waals surface area (Å²) < 4.78 is 4.65. The van der Waals surface area contributed by atoms with Crippen LogP contribution in [0.25, 0.3) is 66.9 Å². The van der Waals surface area contributed by atoms with Crippen molar-refractivity contribution in [1.29, 1.82) is 0 Å². The summed E-state index contributed by atoms with van der Waals surface area (Å²) in [5.74, 6) is 1.39. The number of anilines is 3. The monoisotopic (exact) mass is 681 g/mol. The van der Waals surface area contributed by atoms with Crippen molar-refractivity contribution in [2.24, 2.45) is 0 Å². The second kappa shape index (κ2) is 12.7. The first-order valence-corrected chi connectivity index (χ1v) is 17.5. The summed E-state index contributed by atoms with van der Waals surface area (Å²) in [4.78, 5) is 20.2. The summed E-state index contributed by atoms with van der Waals surface area (Å²) in [7, 11) is 0. The molecule has 0 bridgehead atoms. The highest BCUT2D eigenvalue weighted by Gasteiger charge is 2.19. The van der Waals surface area contributed by atoms with Crippen LogP contribution in [0, 0.1) is 0 Å². The molecule has 53 heavy (non-hydrogen) atoms. The molecule has 0 atom stereocenters. The first-order chi connectivity index (χ1) is 26.3. The van der Waals surface area contributed by atoms with Gasteiger partial charge in [0.05, 0.1) is 16.6 Å². The lowest BCUT2D eigenvalue weighted by molar-refractivity contribution is 1.12. The number of hydrogen-bond donors (Lipinski definition) is 0. The fourth-order valence-electron chi connectivity index (χ4n) is 7.31. The number of fused-ring (bicyclic) bond motifs is 4. The number of aromatic nitrogens is 6. The normalized spacial score (nSPS) is 11.4. The molecule has 0 spiro atoms. The Morgan fingerprint density at radius 2 is 0.925 bits per heavy atom. The van der Waals surface area contributed by atoms with E-state index >= 15 is 0 Å². The Morgan fingerprint density at radius 1 is 0.396 bits per heavy atom. The second-order valence-electron chi connectivity index (χ2n) is 12.9. The molecule has 0 aliphatic rings. The van der Waals surface area contributed by atoms with Gasteiger partial charge in [0.1, 0.15) is 0 Å². The number of hydrogen-bond acceptors (Lipinski definition) is 5. The van der Waals surface area contributed by atoms with E-state index < -0.39 is 0 Å². The predicted molar refractivity (Wildman–Crippen MR) is 214 cm³/mol. The average Bonchev–Trinajstić information content (AvgIpc) is 3.80. The average molecular weight is 682 g/mol. The second-order valence-corrected chi connectivity index (χ2v) is 12.9. The molecule has 0 aliphatic heterocycles. The molecule has 7 heteroatoms. The van der Waals surface area contributed by atoms with Crippen LogP contribution in [0.5, 0.6) is 0 Å². The third-order valence-electron chi connectivity index (χ3n) is 9.77. The van der Waals surface area contributed by atoms with Gasteiger partial charge in [-0.15, -0.1) is 0 Å². The van der Waals surface area contributed by atoms with Gasteiger partial charge in [-0.3, -0.25) is 0 Å². The molecule has 10 rings (SSSR count). The van der Waals surface area contributed by atoms with Crippen LogP contribution in [0.3, 0.4) is 0 Å². The Kier molecular flexibility index (Phi) is 7.32. The first-order valence-electron chi connectivity index (χ1n) is 17.5. The molecule has 250 valence electrons. The summed E-state index contributed by atoms with van der Waals surface area (Å²) in [6.45, 7) is 0. The fraction of sp³-hybridized carbons (Fsp3) is 0. The van der Waals surface area contributed by atoms with Crippen molar-refractivity contribution in [2.75, 3.05) is 4.90 Å². The summed E-state index contributed by atoms with van der Waals surface area (Å²) in [6, 6.07) is 55.3. The Balaban J connectivity index is 1.17. The van der Waals surface area contributed by atoms with Crippen molar-refractivity contribution in [2.45, 2.75) is 0 Å². The van der Waals surface area contributed by atoms with Gasteiger partial charge in [0, 0.05) is 86.7 Å².